The maximum Gasteiger partial charge on any atom is 0.228 e. The summed E-state index contributed by atoms with van der Waals surface area (Å²) < 4.78 is 12.8. The van der Waals surface area contributed by atoms with E-state index >= 15 is 0 Å². The summed E-state index contributed by atoms with van der Waals surface area (Å²) in [4.78, 5) is 12.2. The van der Waals surface area contributed by atoms with Crippen LogP contribution in [0.1, 0.15) is 25.0 Å². The summed E-state index contributed by atoms with van der Waals surface area (Å²) in [6, 6.07) is 50.4. The van der Waals surface area contributed by atoms with Crippen LogP contribution in [0.3, 0.4) is 0 Å². The predicted octanol–water partition coefficient (Wildman–Crippen LogP) is 12.2. The Morgan fingerprint density at radius 2 is 1.28 bits per heavy atom. The summed E-state index contributed by atoms with van der Waals surface area (Å²) >= 11 is 0. The first-order valence-corrected chi connectivity index (χ1v) is 16.9. The van der Waals surface area contributed by atoms with Gasteiger partial charge in [0.15, 0.2) is 5.58 Å². The van der Waals surface area contributed by atoms with Crippen LogP contribution in [0, 0.1) is 0 Å². The molecule has 0 atom stereocenters. The van der Waals surface area contributed by atoms with E-state index in [-0.39, 0.29) is 5.41 Å². The fraction of sp³-hybridized carbons (Fsp3) is 0.0667. The van der Waals surface area contributed by atoms with Gasteiger partial charge in [0.25, 0.3) is 0 Å². The maximum absolute atomic E-state index is 6.58. The molecule has 0 aliphatic heterocycles. The van der Waals surface area contributed by atoms with Crippen molar-refractivity contribution in [1.29, 1.82) is 0 Å². The minimum absolute atomic E-state index is 0.130. The summed E-state index contributed by atoms with van der Waals surface area (Å²) in [5, 5.41) is 1.98. The van der Waals surface area contributed by atoms with Crippen LogP contribution in [0.5, 0.6) is 0 Å². The Hall–Kier alpha value is -6.46. The van der Waals surface area contributed by atoms with Gasteiger partial charge in [-0.2, -0.15) is 0 Å². The molecule has 1 aliphatic rings. The van der Waals surface area contributed by atoms with Gasteiger partial charge >= 0.3 is 0 Å². The van der Waals surface area contributed by atoms with Gasteiger partial charge in [-0.15, -0.1) is 0 Å². The molecule has 3 heterocycles. The molecule has 5 nitrogen and oxygen atoms in total. The van der Waals surface area contributed by atoms with Crippen LogP contribution in [0.4, 0.5) is 17.2 Å². The Balaban J connectivity index is 1.16. The van der Waals surface area contributed by atoms with Crippen molar-refractivity contribution in [3.63, 3.8) is 0 Å². The van der Waals surface area contributed by atoms with E-state index in [1.165, 1.54) is 22.3 Å². The number of hydrogen-bond acceptors (Lipinski definition) is 5. The summed E-state index contributed by atoms with van der Waals surface area (Å²) in [5.74, 6) is 1.41. The van der Waals surface area contributed by atoms with Crippen molar-refractivity contribution in [2.75, 3.05) is 4.90 Å². The summed E-state index contributed by atoms with van der Waals surface area (Å²) in [6.07, 6.45) is 2.06. The Morgan fingerprint density at radius 1 is 0.540 bits per heavy atom. The molecule has 0 spiro atoms. The van der Waals surface area contributed by atoms with Crippen molar-refractivity contribution in [2.24, 2.45) is 0 Å². The fourth-order valence-electron chi connectivity index (χ4n) is 7.68. The largest absolute Gasteiger partial charge is 0.456 e. The Bertz CT molecular complexity index is 2720. The monoisotopic (exact) mass is 645 g/mol. The second kappa shape index (κ2) is 10.8. The van der Waals surface area contributed by atoms with Crippen LogP contribution in [0.2, 0.25) is 0 Å². The maximum atomic E-state index is 6.58. The van der Waals surface area contributed by atoms with Crippen LogP contribution in [-0.2, 0) is 5.41 Å². The smallest absolute Gasteiger partial charge is 0.228 e. The quantitative estimate of drug-likeness (QED) is 0.186. The van der Waals surface area contributed by atoms with Gasteiger partial charge in [0, 0.05) is 39.7 Å². The zero-order chi connectivity index (χ0) is 33.4. The van der Waals surface area contributed by atoms with E-state index in [9.17, 15) is 0 Å². The lowest BCUT2D eigenvalue weighted by Crippen LogP contribution is -2.16. The number of para-hydroxylation sites is 2. The van der Waals surface area contributed by atoms with E-state index in [1.807, 2.05) is 48.5 Å². The van der Waals surface area contributed by atoms with Crippen LogP contribution >= 0.6 is 0 Å². The molecule has 0 fully saturated rings. The first-order valence-electron chi connectivity index (χ1n) is 16.9. The summed E-state index contributed by atoms with van der Waals surface area (Å²) in [6.45, 7) is 4.56. The highest BCUT2D eigenvalue weighted by Crippen LogP contribution is 2.50. The molecule has 0 N–H and O–H groups in total. The van der Waals surface area contributed by atoms with Crippen molar-refractivity contribution in [1.82, 2.24) is 9.97 Å². The molecule has 3 aromatic heterocycles. The van der Waals surface area contributed by atoms with E-state index in [0.29, 0.717) is 5.89 Å². The van der Waals surface area contributed by atoms with Gasteiger partial charge in [-0.1, -0.05) is 98.8 Å². The van der Waals surface area contributed by atoms with Gasteiger partial charge in [-0.25, -0.2) is 9.97 Å². The number of rotatable bonds is 5. The molecule has 0 saturated heterocycles. The standard InChI is InChI=1S/C45H31N3O2/c1-45(2)36-18-7-6-16-32(36)35-26-42(46-27-37(35)45)48(30-15-10-14-29(24-30)28-12-4-3-5-13-28)31-22-23-33-41(25-31)49-40-21-11-17-34(43(33)40)44-47-38-19-8-9-20-39(38)50-44/h3-27H,1-2H3. The fourth-order valence-corrected chi connectivity index (χ4v) is 7.68. The number of pyridine rings is 1. The molecular formula is C45H31N3O2. The van der Waals surface area contributed by atoms with Crippen LogP contribution < -0.4 is 4.90 Å². The zero-order valence-electron chi connectivity index (χ0n) is 27.6. The summed E-state index contributed by atoms with van der Waals surface area (Å²) in [5.41, 5.74) is 13.2. The second-order valence-electron chi connectivity index (χ2n) is 13.5. The minimum Gasteiger partial charge on any atom is -0.456 e. The molecule has 0 amide bonds. The van der Waals surface area contributed by atoms with Gasteiger partial charge in [-0.3, -0.25) is 4.90 Å². The number of oxazole rings is 1. The average molecular weight is 646 g/mol. The van der Waals surface area contributed by atoms with E-state index < -0.39 is 0 Å². The zero-order valence-corrected chi connectivity index (χ0v) is 27.6. The Kier molecular flexibility index (Phi) is 6.15. The lowest BCUT2D eigenvalue weighted by Gasteiger charge is -2.26. The molecule has 1 aliphatic carbocycles. The van der Waals surface area contributed by atoms with Crippen molar-refractivity contribution in [3.05, 3.63) is 163 Å². The van der Waals surface area contributed by atoms with Gasteiger partial charge in [0.05, 0.1) is 5.69 Å². The van der Waals surface area contributed by atoms with Gasteiger partial charge in [0.2, 0.25) is 5.89 Å². The lowest BCUT2D eigenvalue weighted by molar-refractivity contribution is 0.620. The molecule has 0 radical (unpaired) electrons. The van der Waals surface area contributed by atoms with Crippen LogP contribution in [-0.4, -0.2) is 9.97 Å². The van der Waals surface area contributed by atoms with E-state index in [1.54, 1.807) is 0 Å². The topological polar surface area (TPSA) is 55.3 Å². The second-order valence-corrected chi connectivity index (χ2v) is 13.5. The highest BCUT2D eigenvalue weighted by Gasteiger charge is 2.36. The molecule has 5 heteroatoms. The van der Waals surface area contributed by atoms with Gasteiger partial charge in [0.1, 0.15) is 22.5 Å². The molecule has 9 aromatic rings. The minimum atomic E-state index is -0.130. The number of furan rings is 1. The van der Waals surface area contributed by atoms with Gasteiger partial charge < -0.3 is 8.83 Å². The first kappa shape index (κ1) is 28.5. The molecule has 0 unspecified atom stereocenters. The normalized spacial score (nSPS) is 13.2. The van der Waals surface area contributed by atoms with E-state index in [4.69, 9.17) is 18.8 Å². The van der Waals surface area contributed by atoms with Crippen LogP contribution in [0.15, 0.2) is 161 Å². The average Bonchev–Trinajstić information content (AvgIpc) is 3.83. The predicted molar refractivity (Wildman–Crippen MR) is 202 cm³/mol. The first-order chi connectivity index (χ1) is 24.5. The highest BCUT2D eigenvalue weighted by molar-refractivity contribution is 6.12. The third-order valence-electron chi connectivity index (χ3n) is 10.2. The lowest BCUT2D eigenvalue weighted by atomic mass is 9.83. The molecular weight excluding hydrogens is 615 g/mol. The Labute approximate surface area is 289 Å². The van der Waals surface area contributed by atoms with Crippen molar-refractivity contribution in [2.45, 2.75) is 19.3 Å². The number of nitrogens with zero attached hydrogens (tertiary/aromatic N) is 3. The van der Waals surface area contributed by atoms with Crippen molar-refractivity contribution >= 4 is 50.2 Å². The highest BCUT2D eigenvalue weighted by atomic mass is 16.3. The van der Waals surface area contributed by atoms with E-state index in [0.717, 1.165) is 66.9 Å². The molecule has 50 heavy (non-hydrogen) atoms. The van der Waals surface area contributed by atoms with Crippen LogP contribution in [0.25, 0.3) is 66.7 Å². The third-order valence-corrected chi connectivity index (χ3v) is 10.2. The summed E-state index contributed by atoms with van der Waals surface area (Å²) in [7, 11) is 0. The van der Waals surface area contributed by atoms with Gasteiger partial charge in [-0.05, 0) is 88.0 Å². The van der Waals surface area contributed by atoms with Crippen molar-refractivity contribution < 1.29 is 8.83 Å². The number of anilines is 3. The SMILES string of the molecule is CC1(C)c2ccccc2-c2cc(N(c3cccc(-c4ccccc4)c3)c3ccc4c(c3)oc3cccc(-c5nc6ccccc6o5)c34)ncc21. The number of benzene rings is 6. The number of aromatic nitrogens is 2. The Morgan fingerprint density at radius 3 is 2.18 bits per heavy atom. The number of hydrogen-bond donors (Lipinski definition) is 0. The van der Waals surface area contributed by atoms with E-state index in [2.05, 4.69) is 122 Å². The number of fused-ring (bicyclic) bond motifs is 7. The molecule has 0 bridgehead atoms. The molecule has 238 valence electrons. The van der Waals surface area contributed by atoms with Crippen molar-refractivity contribution in [3.8, 4) is 33.7 Å². The molecule has 6 aromatic carbocycles. The third kappa shape index (κ3) is 4.33. The molecule has 10 rings (SSSR count). The molecule has 0 saturated carbocycles.